The number of anilines is 1. The second kappa shape index (κ2) is 7.79. The normalized spacial score (nSPS) is 12.0. The zero-order chi connectivity index (χ0) is 16.8. The van der Waals surface area contributed by atoms with Gasteiger partial charge in [0.2, 0.25) is 5.91 Å². The number of carbonyl (C=O) groups excluding carboxylic acids is 1. The number of ether oxygens (including phenoxy) is 1. The molecule has 4 heteroatoms. The van der Waals surface area contributed by atoms with E-state index in [1.807, 2.05) is 55.3 Å². The average Bonchev–Trinajstić information content (AvgIpc) is 2.56. The summed E-state index contributed by atoms with van der Waals surface area (Å²) in [6, 6.07) is 15.4. The van der Waals surface area contributed by atoms with Gasteiger partial charge in [0.05, 0.1) is 18.8 Å². The molecule has 1 amide bonds. The fourth-order valence-electron chi connectivity index (χ4n) is 2.38. The third kappa shape index (κ3) is 4.33. The lowest BCUT2D eigenvalue weighted by Crippen LogP contribution is -2.39. The summed E-state index contributed by atoms with van der Waals surface area (Å²) in [7, 11) is 3.55. The van der Waals surface area contributed by atoms with Crippen LogP contribution in [-0.4, -0.2) is 31.0 Å². The second-order valence-corrected chi connectivity index (χ2v) is 5.71. The van der Waals surface area contributed by atoms with Crippen LogP contribution < -0.4 is 10.1 Å². The SMILES string of the molecule is COc1ccccc1NC(=O)[C@@H](C)N(C)Cc1ccccc1C. The van der Waals surface area contributed by atoms with Gasteiger partial charge in [-0.1, -0.05) is 36.4 Å². The summed E-state index contributed by atoms with van der Waals surface area (Å²) in [5, 5.41) is 2.94. The van der Waals surface area contributed by atoms with E-state index < -0.39 is 0 Å². The summed E-state index contributed by atoms with van der Waals surface area (Å²) in [4.78, 5) is 14.5. The van der Waals surface area contributed by atoms with Crippen molar-refractivity contribution in [3.8, 4) is 5.75 Å². The van der Waals surface area contributed by atoms with Gasteiger partial charge in [-0.3, -0.25) is 9.69 Å². The third-order valence-electron chi connectivity index (χ3n) is 4.09. The minimum Gasteiger partial charge on any atom is -0.495 e. The van der Waals surface area contributed by atoms with E-state index >= 15 is 0 Å². The number of hydrogen-bond acceptors (Lipinski definition) is 3. The number of benzene rings is 2. The number of amides is 1. The maximum Gasteiger partial charge on any atom is 0.241 e. The van der Waals surface area contributed by atoms with Crippen molar-refractivity contribution in [3.63, 3.8) is 0 Å². The highest BCUT2D eigenvalue weighted by Gasteiger charge is 2.19. The first-order valence-corrected chi connectivity index (χ1v) is 7.71. The maximum atomic E-state index is 12.5. The maximum absolute atomic E-state index is 12.5. The highest BCUT2D eigenvalue weighted by Crippen LogP contribution is 2.23. The molecular formula is C19H24N2O2. The van der Waals surface area contributed by atoms with Crippen LogP contribution in [0.3, 0.4) is 0 Å². The number of carbonyl (C=O) groups is 1. The first-order valence-electron chi connectivity index (χ1n) is 7.71. The number of rotatable bonds is 6. The van der Waals surface area contributed by atoms with E-state index in [0.29, 0.717) is 11.4 Å². The van der Waals surface area contributed by atoms with Gasteiger partial charge in [-0.15, -0.1) is 0 Å². The van der Waals surface area contributed by atoms with Crippen molar-refractivity contribution in [2.75, 3.05) is 19.5 Å². The van der Waals surface area contributed by atoms with Gasteiger partial charge in [0.25, 0.3) is 0 Å². The molecule has 0 fully saturated rings. The topological polar surface area (TPSA) is 41.6 Å². The zero-order valence-electron chi connectivity index (χ0n) is 14.2. The fraction of sp³-hybridized carbons (Fsp3) is 0.316. The number of hydrogen-bond donors (Lipinski definition) is 1. The largest absolute Gasteiger partial charge is 0.495 e. The van der Waals surface area contributed by atoms with Crippen molar-refractivity contribution in [2.24, 2.45) is 0 Å². The molecule has 1 atom stereocenters. The number of aryl methyl sites for hydroxylation is 1. The van der Waals surface area contributed by atoms with Crippen molar-refractivity contribution in [1.82, 2.24) is 4.90 Å². The predicted molar refractivity (Wildman–Crippen MR) is 93.7 cm³/mol. The molecule has 0 aliphatic heterocycles. The molecule has 0 radical (unpaired) electrons. The first kappa shape index (κ1) is 17.0. The van der Waals surface area contributed by atoms with Crippen LogP contribution in [0.15, 0.2) is 48.5 Å². The lowest BCUT2D eigenvalue weighted by atomic mass is 10.1. The van der Waals surface area contributed by atoms with E-state index in [1.54, 1.807) is 7.11 Å². The van der Waals surface area contributed by atoms with E-state index in [4.69, 9.17) is 4.74 Å². The van der Waals surface area contributed by atoms with E-state index in [0.717, 1.165) is 6.54 Å². The Balaban J connectivity index is 2.03. The van der Waals surface area contributed by atoms with Gasteiger partial charge >= 0.3 is 0 Å². The second-order valence-electron chi connectivity index (χ2n) is 5.71. The molecule has 122 valence electrons. The summed E-state index contributed by atoms with van der Waals surface area (Å²) >= 11 is 0. The molecule has 0 spiro atoms. The number of methoxy groups -OCH3 is 1. The molecular weight excluding hydrogens is 288 g/mol. The van der Waals surface area contributed by atoms with Gasteiger partial charge in [-0.25, -0.2) is 0 Å². The number of para-hydroxylation sites is 2. The summed E-state index contributed by atoms with van der Waals surface area (Å²) in [6.45, 7) is 4.72. The predicted octanol–water partition coefficient (Wildman–Crippen LogP) is 3.46. The van der Waals surface area contributed by atoms with Gasteiger partial charge in [0.1, 0.15) is 5.75 Å². The van der Waals surface area contributed by atoms with Crippen LogP contribution in [0.2, 0.25) is 0 Å². The summed E-state index contributed by atoms with van der Waals surface area (Å²) in [5.41, 5.74) is 3.15. The summed E-state index contributed by atoms with van der Waals surface area (Å²) in [5.74, 6) is 0.611. The van der Waals surface area contributed by atoms with Crippen molar-refractivity contribution < 1.29 is 9.53 Å². The minimum absolute atomic E-state index is 0.0504. The number of likely N-dealkylation sites (N-methyl/N-ethyl adjacent to an activating group) is 1. The Labute approximate surface area is 138 Å². The Bertz CT molecular complexity index is 670. The van der Waals surface area contributed by atoms with Crippen LogP contribution in [0, 0.1) is 6.92 Å². The van der Waals surface area contributed by atoms with Crippen LogP contribution >= 0.6 is 0 Å². The number of nitrogens with one attached hydrogen (secondary N) is 1. The van der Waals surface area contributed by atoms with Gasteiger partial charge in [0.15, 0.2) is 0 Å². The molecule has 0 unspecified atom stereocenters. The molecule has 0 aromatic heterocycles. The van der Waals surface area contributed by atoms with Gasteiger partial charge in [0, 0.05) is 6.54 Å². The van der Waals surface area contributed by atoms with E-state index in [1.165, 1.54) is 11.1 Å². The van der Waals surface area contributed by atoms with Gasteiger partial charge < -0.3 is 10.1 Å². The van der Waals surface area contributed by atoms with Crippen LogP contribution in [0.4, 0.5) is 5.69 Å². The standard InChI is InChI=1S/C19H24N2O2/c1-14-9-5-6-10-16(14)13-21(3)15(2)19(22)20-17-11-7-8-12-18(17)23-4/h5-12,15H,13H2,1-4H3,(H,20,22)/t15-/m1/s1. The third-order valence-corrected chi connectivity index (χ3v) is 4.09. The average molecular weight is 312 g/mol. The quantitative estimate of drug-likeness (QED) is 0.888. The smallest absolute Gasteiger partial charge is 0.241 e. The fourth-order valence-corrected chi connectivity index (χ4v) is 2.38. The molecule has 23 heavy (non-hydrogen) atoms. The van der Waals surface area contributed by atoms with Crippen molar-refractivity contribution >= 4 is 11.6 Å². The van der Waals surface area contributed by atoms with Crippen LogP contribution in [0.5, 0.6) is 5.75 Å². The Kier molecular flexibility index (Phi) is 5.77. The van der Waals surface area contributed by atoms with E-state index in [-0.39, 0.29) is 11.9 Å². The van der Waals surface area contributed by atoms with E-state index in [2.05, 4.69) is 24.4 Å². The molecule has 2 rings (SSSR count). The number of nitrogens with zero attached hydrogens (tertiary/aromatic N) is 1. The molecule has 0 saturated heterocycles. The Hall–Kier alpha value is -2.33. The lowest BCUT2D eigenvalue weighted by Gasteiger charge is -2.25. The summed E-state index contributed by atoms with van der Waals surface area (Å²) < 4.78 is 5.27. The van der Waals surface area contributed by atoms with Crippen LogP contribution in [-0.2, 0) is 11.3 Å². The van der Waals surface area contributed by atoms with Crippen molar-refractivity contribution in [2.45, 2.75) is 26.4 Å². The molecule has 0 heterocycles. The Morgan fingerprint density at radius 1 is 1.17 bits per heavy atom. The van der Waals surface area contributed by atoms with E-state index in [9.17, 15) is 4.79 Å². The molecule has 1 N–H and O–H groups in total. The molecule has 0 aliphatic carbocycles. The van der Waals surface area contributed by atoms with Gasteiger partial charge in [-0.2, -0.15) is 0 Å². The Morgan fingerprint density at radius 2 is 1.83 bits per heavy atom. The zero-order valence-corrected chi connectivity index (χ0v) is 14.2. The highest BCUT2D eigenvalue weighted by molar-refractivity contribution is 5.95. The van der Waals surface area contributed by atoms with Crippen molar-refractivity contribution in [3.05, 3.63) is 59.7 Å². The highest BCUT2D eigenvalue weighted by atomic mass is 16.5. The van der Waals surface area contributed by atoms with Crippen molar-refractivity contribution in [1.29, 1.82) is 0 Å². The monoisotopic (exact) mass is 312 g/mol. The molecule has 0 bridgehead atoms. The van der Waals surface area contributed by atoms with Crippen LogP contribution in [0.25, 0.3) is 0 Å². The minimum atomic E-state index is -0.250. The molecule has 4 nitrogen and oxygen atoms in total. The molecule has 2 aromatic rings. The first-order chi connectivity index (χ1) is 11.0. The molecule has 2 aromatic carbocycles. The summed E-state index contributed by atoms with van der Waals surface area (Å²) in [6.07, 6.45) is 0. The molecule has 0 aliphatic rings. The molecule has 0 saturated carbocycles. The Morgan fingerprint density at radius 3 is 2.52 bits per heavy atom. The van der Waals surface area contributed by atoms with Gasteiger partial charge in [-0.05, 0) is 44.2 Å². The van der Waals surface area contributed by atoms with Crippen LogP contribution in [0.1, 0.15) is 18.1 Å². The lowest BCUT2D eigenvalue weighted by molar-refractivity contribution is -0.120.